The predicted molar refractivity (Wildman–Crippen MR) is 96.9 cm³/mol. The highest BCUT2D eigenvalue weighted by Gasteiger charge is 2.18. The molecule has 0 unspecified atom stereocenters. The molecule has 0 aliphatic rings. The zero-order valence-electron chi connectivity index (χ0n) is 12.9. The molecule has 2 aromatic rings. The summed E-state index contributed by atoms with van der Waals surface area (Å²) in [5.41, 5.74) is 0.278. The number of halogens is 1. The minimum absolute atomic E-state index is 0.0831. The van der Waals surface area contributed by atoms with Gasteiger partial charge < -0.3 is 0 Å². The zero-order valence-corrected chi connectivity index (χ0v) is 16.1. The van der Waals surface area contributed by atoms with Crippen LogP contribution in [0.5, 0.6) is 0 Å². The summed E-state index contributed by atoms with van der Waals surface area (Å²) in [6.45, 7) is 2.21. The van der Waals surface area contributed by atoms with Crippen molar-refractivity contribution < 1.29 is 16.8 Å². The molecule has 0 aliphatic heterocycles. The first-order chi connectivity index (χ1) is 11.3. The van der Waals surface area contributed by atoms with Gasteiger partial charge in [-0.25, -0.2) is 21.6 Å². The Labute approximate surface area is 150 Å². The normalized spacial score (nSPS) is 12.1. The molecule has 2 N–H and O–H groups in total. The molecule has 130 valence electrons. The van der Waals surface area contributed by atoms with Gasteiger partial charge in [0.2, 0.25) is 10.0 Å². The average molecular weight is 433 g/mol. The Balaban J connectivity index is 2.22. The largest absolute Gasteiger partial charge is 0.280 e. The minimum Gasteiger partial charge on any atom is -0.280 e. The van der Waals surface area contributed by atoms with Gasteiger partial charge in [-0.15, -0.1) is 0 Å². The van der Waals surface area contributed by atoms with Crippen LogP contribution in [0.2, 0.25) is 0 Å². The minimum atomic E-state index is -3.77. The van der Waals surface area contributed by atoms with Gasteiger partial charge in [-0.1, -0.05) is 19.1 Å². The first-order valence-electron chi connectivity index (χ1n) is 7.13. The van der Waals surface area contributed by atoms with E-state index in [0.29, 0.717) is 17.4 Å². The van der Waals surface area contributed by atoms with Crippen LogP contribution in [-0.4, -0.2) is 23.4 Å². The van der Waals surface area contributed by atoms with Crippen molar-refractivity contribution in [1.82, 2.24) is 4.72 Å². The molecule has 0 saturated heterocycles. The Bertz CT molecular complexity index is 911. The van der Waals surface area contributed by atoms with Crippen molar-refractivity contribution in [3.8, 4) is 0 Å². The Kier molecular flexibility index (Phi) is 6.02. The zero-order chi connectivity index (χ0) is 17.8. The molecule has 0 bridgehead atoms. The standard InChI is InChI=1S/C15H17BrN2O4S2/c1-2-11-17-23(19,20)13-9-7-12(8-10-13)18-24(21,22)15-6-4-3-5-14(15)16/h3-10,17-18H,2,11H2,1H3. The predicted octanol–water partition coefficient (Wildman–Crippen LogP) is 2.94. The molecule has 0 saturated carbocycles. The Hall–Kier alpha value is -1.42. The van der Waals surface area contributed by atoms with Gasteiger partial charge in [-0.05, 0) is 58.7 Å². The maximum Gasteiger partial charge on any atom is 0.263 e. The van der Waals surface area contributed by atoms with Gasteiger partial charge in [0.25, 0.3) is 10.0 Å². The molecule has 0 atom stereocenters. The Morgan fingerprint density at radius 2 is 1.54 bits per heavy atom. The summed E-state index contributed by atoms with van der Waals surface area (Å²) in [5.74, 6) is 0. The third-order valence-corrected chi connectivity index (χ3v) is 6.96. The number of hydrogen-bond donors (Lipinski definition) is 2. The Morgan fingerprint density at radius 3 is 2.12 bits per heavy atom. The van der Waals surface area contributed by atoms with Gasteiger partial charge in [0.05, 0.1) is 4.90 Å². The Morgan fingerprint density at radius 1 is 0.917 bits per heavy atom. The van der Waals surface area contributed by atoms with Gasteiger partial charge in [0.1, 0.15) is 4.90 Å². The summed E-state index contributed by atoms with van der Waals surface area (Å²) in [4.78, 5) is 0.186. The van der Waals surface area contributed by atoms with Crippen LogP contribution in [0.3, 0.4) is 0 Å². The van der Waals surface area contributed by atoms with E-state index in [9.17, 15) is 16.8 Å². The van der Waals surface area contributed by atoms with Crippen molar-refractivity contribution in [3.05, 3.63) is 53.0 Å². The number of anilines is 1. The summed E-state index contributed by atoms with van der Waals surface area (Å²) in [6, 6.07) is 12.0. The first-order valence-corrected chi connectivity index (χ1v) is 10.9. The number of nitrogens with one attached hydrogen (secondary N) is 2. The highest BCUT2D eigenvalue weighted by molar-refractivity contribution is 9.10. The van der Waals surface area contributed by atoms with E-state index in [1.165, 1.54) is 30.3 Å². The van der Waals surface area contributed by atoms with Crippen LogP contribution in [0.25, 0.3) is 0 Å². The van der Waals surface area contributed by atoms with Crippen molar-refractivity contribution in [2.75, 3.05) is 11.3 Å². The fraction of sp³-hybridized carbons (Fsp3) is 0.200. The number of rotatable bonds is 7. The molecule has 2 rings (SSSR count). The lowest BCUT2D eigenvalue weighted by Gasteiger charge is -2.10. The summed E-state index contributed by atoms with van der Waals surface area (Å²) in [6.07, 6.45) is 0.684. The van der Waals surface area contributed by atoms with Crippen molar-refractivity contribution in [2.45, 2.75) is 23.1 Å². The average Bonchev–Trinajstić information content (AvgIpc) is 2.53. The topological polar surface area (TPSA) is 92.3 Å². The van der Waals surface area contributed by atoms with Gasteiger partial charge in [0.15, 0.2) is 0 Å². The van der Waals surface area contributed by atoms with E-state index in [1.54, 1.807) is 18.2 Å². The van der Waals surface area contributed by atoms with Gasteiger partial charge >= 0.3 is 0 Å². The van der Waals surface area contributed by atoms with Crippen LogP contribution in [0.1, 0.15) is 13.3 Å². The first kappa shape index (κ1) is 18.9. The summed E-state index contributed by atoms with van der Waals surface area (Å²) >= 11 is 3.20. The van der Waals surface area contributed by atoms with E-state index in [1.807, 2.05) is 6.92 Å². The second-order valence-electron chi connectivity index (χ2n) is 4.96. The summed E-state index contributed by atoms with van der Waals surface area (Å²) < 4.78 is 54.1. The molecule has 0 amide bonds. The molecule has 0 heterocycles. The fourth-order valence-corrected chi connectivity index (χ4v) is 5.09. The maximum absolute atomic E-state index is 12.4. The van der Waals surface area contributed by atoms with Gasteiger partial charge in [-0.2, -0.15) is 0 Å². The van der Waals surface area contributed by atoms with E-state index in [4.69, 9.17) is 0 Å². The highest BCUT2D eigenvalue weighted by Crippen LogP contribution is 2.24. The van der Waals surface area contributed by atoms with E-state index >= 15 is 0 Å². The van der Waals surface area contributed by atoms with E-state index in [2.05, 4.69) is 25.4 Å². The molecular formula is C15H17BrN2O4S2. The monoisotopic (exact) mass is 432 g/mol. The van der Waals surface area contributed by atoms with E-state index in [-0.39, 0.29) is 15.5 Å². The van der Waals surface area contributed by atoms with Crippen molar-refractivity contribution in [3.63, 3.8) is 0 Å². The van der Waals surface area contributed by atoms with E-state index in [0.717, 1.165) is 0 Å². The molecule has 0 fully saturated rings. The van der Waals surface area contributed by atoms with Crippen molar-refractivity contribution in [1.29, 1.82) is 0 Å². The fourth-order valence-electron chi connectivity index (χ4n) is 1.89. The molecule has 2 aromatic carbocycles. The van der Waals surface area contributed by atoms with Crippen LogP contribution >= 0.6 is 15.9 Å². The van der Waals surface area contributed by atoms with Crippen LogP contribution in [0.15, 0.2) is 62.8 Å². The lowest BCUT2D eigenvalue weighted by atomic mass is 10.3. The van der Waals surface area contributed by atoms with Gasteiger partial charge in [-0.3, -0.25) is 4.72 Å². The molecular weight excluding hydrogens is 416 g/mol. The molecule has 9 heteroatoms. The van der Waals surface area contributed by atoms with Crippen LogP contribution in [0, 0.1) is 0 Å². The van der Waals surface area contributed by atoms with E-state index < -0.39 is 20.0 Å². The lowest BCUT2D eigenvalue weighted by Crippen LogP contribution is -2.24. The second kappa shape index (κ2) is 7.64. The van der Waals surface area contributed by atoms with Crippen molar-refractivity contribution in [2.24, 2.45) is 0 Å². The van der Waals surface area contributed by atoms with Crippen molar-refractivity contribution >= 4 is 41.7 Å². The SMILES string of the molecule is CCCNS(=O)(=O)c1ccc(NS(=O)(=O)c2ccccc2Br)cc1. The molecule has 0 aromatic heterocycles. The molecule has 0 aliphatic carbocycles. The van der Waals surface area contributed by atoms with Crippen LogP contribution < -0.4 is 9.44 Å². The number of sulfonamides is 2. The maximum atomic E-state index is 12.4. The smallest absolute Gasteiger partial charge is 0.263 e. The third-order valence-electron chi connectivity index (χ3n) is 3.09. The number of benzene rings is 2. The number of hydrogen-bond acceptors (Lipinski definition) is 4. The van der Waals surface area contributed by atoms with Crippen LogP contribution in [0.4, 0.5) is 5.69 Å². The molecule has 6 nitrogen and oxygen atoms in total. The molecule has 0 spiro atoms. The molecule has 24 heavy (non-hydrogen) atoms. The second-order valence-corrected chi connectivity index (χ2v) is 9.23. The highest BCUT2D eigenvalue weighted by atomic mass is 79.9. The summed E-state index contributed by atoms with van der Waals surface area (Å²) in [5, 5.41) is 0. The quantitative estimate of drug-likeness (QED) is 0.703. The lowest BCUT2D eigenvalue weighted by molar-refractivity contribution is 0.581. The van der Waals surface area contributed by atoms with Gasteiger partial charge in [0, 0.05) is 16.7 Å². The summed E-state index contributed by atoms with van der Waals surface area (Å²) in [7, 11) is -7.34. The molecule has 0 radical (unpaired) electrons. The third kappa shape index (κ3) is 4.56. The van der Waals surface area contributed by atoms with Crippen LogP contribution in [-0.2, 0) is 20.0 Å².